The van der Waals surface area contributed by atoms with Gasteiger partial charge in [-0.25, -0.2) is 0 Å². The molecule has 0 atom stereocenters. The molecule has 2 N–H and O–H groups in total. The molecule has 4 heteroatoms. The molecule has 0 radical (unpaired) electrons. The van der Waals surface area contributed by atoms with Crippen LogP contribution in [0.4, 0.5) is 17.1 Å². The van der Waals surface area contributed by atoms with E-state index < -0.39 is 0 Å². The van der Waals surface area contributed by atoms with Gasteiger partial charge in [0.05, 0.1) is 23.8 Å². The maximum absolute atomic E-state index is 4.16. The Balaban J connectivity index is 2.25. The highest BCUT2D eigenvalue weighted by molar-refractivity contribution is 9.10. The Labute approximate surface area is 109 Å². The molecule has 0 unspecified atom stereocenters. The van der Waals surface area contributed by atoms with Gasteiger partial charge in [0.25, 0.3) is 0 Å². The van der Waals surface area contributed by atoms with E-state index >= 15 is 0 Å². The van der Waals surface area contributed by atoms with Gasteiger partial charge >= 0.3 is 0 Å². The number of pyridine rings is 1. The number of hydrogen-bond acceptors (Lipinski definition) is 3. The average molecular weight is 292 g/mol. The lowest BCUT2D eigenvalue weighted by atomic mass is 10.2. The SMILES string of the molecule is CNc1cncc(Nc2ccc(Br)cc2C)c1. The van der Waals surface area contributed by atoms with E-state index in [-0.39, 0.29) is 0 Å². The smallest absolute Gasteiger partial charge is 0.0591 e. The van der Waals surface area contributed by atoms with Crippen LogP contribution in [0.5, 0.6) is 0 Å². The molecule has 17 heavy (non-hydrogen) atoms. The summed E-state index contributed by atoms with van der Waals surface area (Å²) < 4.78 is 1.09. The van der Waals surface area contributed by atoms with Crippen molar-refractivity contribution in [3.63, 3.8) is 0 Å². The maximum Gasteiger partial charge on any atom is 0.0591 e. The molecule has 0 aliphatic heterocycles. The van der Waals surface area contributed by atoms with E-state index in [2.05, 4.69) is 44.5 Å². The van der Waals surface area contributed by atoms with Crippen LogP contribution in [-0.4, -0.2) is 12.0 Å². The maximum atomic E-state index is 4.16. The van der Waals surface area contributed by atoms with E-state index in [1.165, 1.54) is 5.56 Å². The lowest BCUT2D eigenvalue weighted by Gasteiger charge is -2.10. The first-order chi connectivity index (χ1) is 8.19. The fourth-order valence-electron chi connectivity index (χ4n) is 1.57. The topological polar surface area (TPSA) is 37.0 Å². The molecule has 0 fully saturated rings. The second-order valence-electron chi connectivity index (χ2n) is 3.80. The first-order valence-corrected chi connectivity index (χ1v) is 6.14. The van der Waals surface area contributed by atoms with Crippen LogP contribution in [0.1, 0.15) is 5.56 Å². The van der Waals surface area contributed by atoms with Crippen molar-refractivity contribution >= 4 is 33.0 Å². The zero-order valence-electron chi connectivity index (χ0n) is 9.79. The van der Waals surface area contributed by atoms with Crippen LogP contribution in [0.2, 0.25) is 0 Å². The minimum absolute atomic E-state index is 0.974. The van der Waals surface area contributed by atoms with Crippen molar-refractivity contribution in [2.45, 2.75) is 6.92 Å². The number of nitrogens with zero attached hydrogens (tertiary/aromatic N) is 1. The monoisotopic (exact) mass is 291 g/mol. The second-order valence-corrected chi connectivity index (χ2v) is 4.71. The van der Waals surface area contributed by atoms with E-state index in [4.69, 9.17) is 0 Å². The highest BCUT2D eigenvalue weighted by Crippen LogP contribution is 2.24. The van der Waals surface area contributed by atoms with Crippen LogP contribution in [-0.2, 0) is 0 Å². The first kappa shape index (κ1) is 11.9. The van der Waals surface area contributed by atoms with E-state index in [9.17, 15) is 0 Å². The summed E-state index contributed by atoms with van der Waals surface area (Å²) >= 11 is 3.45. The van der Waals surface area contributed by atoms with Gasteiger partial charge < -0.3 is 10.6 Å². The molecule has 0 spiro atoms. The molecular formula is C13H14BrN3. The Morgan fingerprint density at radius 3 is 2.59 bits per heavy atom. The number of aromatic nitrogens is 1. The molecule has 0 saturated heterocycles. The Kier molecular flexibility index (Phi) is 3.64. The third-order valence-corrected chi connectivity index (χ3v) is 2.99. The fourth-order valence-corrected chi connectivity index (χ4v) is 2.04. The molecule has 0 aliphatic carbocycles. The van der Waals surface area contributed by atoms with Crippen LogP contribution in [0.15, 0.2) is 41.1 Å². The summed E-state index contributed by atoms with van der Waals surface area (Å²) in [7, 11) is 1.88. The van der Waals surface area contributed by atoms with Crippen molar-refractivity contribution < 1.29 is 0 Å². The van der Waals surface area contributed by atoms with Gasteiger partial charge in [-0.15, -0.1) is 0 Å². The standard InChI is InChI=1S/C13H14BrN3/c1-9-5-10(14)3-4-13(9)17-12-6-11(15-2)7-16-8-12/h3-8,15,17H,1-2H3. The summed E-state index contributed by atoms with van der Waals surface area (Å²) in [4.78, 5) is 4.16. The Morgan fingerprint density at radius 1 is 1.12 bits per heavy atom. The van der Waals surface area contributed by atoms with E-state index in [0.29, 0.717) is 0 Å². The first-order valence-electron chi connectivity index (χ1n) is 5.35. The van der Waals surface area contributed by atoms with Crippen molar-refractivity contribution in [2.24, 2.45) is 0 Å². The van der Waals surface area contributed by atoms with Gasteiger partial charge in [-0.3, -0.25) is 4.98 Å². The molecule has 0 bridgehead atoms. The molecule has 2 aromatic rings. The van der Waals surface area contributed by atoms with Crippen molar-refractivity contribution in [3.05, 3.63) is 46.7 Å². The molecular weight excluding hydrogens is 278 g/mol. The Bertz CT molecular complexity index is 526. The highest BCUT2D eigenvalue weighted by atomic mass is 79.9. The van der Waals surface area contributed by atoms with E-state index in [1.807, 2.05) is 31.4 Å². The largest absolute Gasteiger partial charge is 0.387 e. The predicted octanol–water partition coefficient (Wildman–Crippen LogP) is 3.94. The third kappa shape index (κ3) is 2.97. The van der Waals surface area contributed by atoms with Crippen LogP contribution in [0.25, 0.3) is 0 Å². The molecule has 88 valence electrons. The lowest BCUT2D eigenvalue weighted by Crippen LogP contribution is -1.96. The number of halogens is 1. The van der Waals surface area contributed by atoms with Crippen molar-refractivity contribution in [3.8, 4) is 0 Å². The minimum Gasteiger partial charge on any atom is -0.387 e. The van der Waals surface area contributed by atoms with Crippen molar-refractivity contribution in [2.75, 3.05) is 17.7 Å². The summed E-state index contributed by atoms with van der Waals surface area (Å²) in [5.74, 6) is 0. The van der Waals surface area contributed by atoms with Gasteiger partial charge in [-0.2, -0.15) is 0 Å². The van der Waals surface area contributed by atoms with Crippen LogP contribution < -0.4 is 10.6 Å². The number of rotatable bonds is 3. The van der Waals surface area contributed by atoms with Crippen LogP contribution in [0, 0.1) is 6.92 Å². The normalized spacial score (nSPS) is 10.1. The molecule has 1 aromatic carbocycles. The Hall–Kier alpha value is -1.55. The quantitative estimate of drug-likeness (QED) is 0.899. The van der Waals surface area contributed by atoms with Crippen molar-refractivity contribution in [1.29, 1.82) is 0 Å². The van der Waals surface area contributed by atoms with Gasteiger partial charge in [0, 0.05) is 17.2 Å². The lowest BCUT2D eigenvalue weighted by molar-refractivity contribution is 1.30. The molecule has 2 rings (SSSR count). The average Bonchev–Trinajstić information content (AvgIpc) is 2.33. The molecule has 1 heterocycles. The van der Waals surface area contributed by atoms with Gasteiger partial charge in [-0.1, -0.05) is 15.9 Å². The van der Waals surface area contributed by atoms with Gasteiger partial charge in [-0.05, 0) is 36.8 Å². The number of aryl methyl sites for hydroxylation is 1. The van der Waals surface area contributed by atoms with Crippen molar-refractivity contribution in [1.82, 2.24) is 4.98 Å². The highest BCUT2D eigenvalue weighted by Gasteiger charge is 2.00. The summed E-state index contributed by atoms with van der Waals surface area (Å²) in [6.07, 6.45) is 3.60. The summed E-state index contributed by atoms with van der Waals surface area (Å²) in [6.45, 7) is 2.07. The molecule has 0 saturated carbocycles. The number of nitrogens with one attached hydrogen (secondary N) is 2. The molecule has 3 nitrogen and oxygen atoms in total. The zero-order chi connectivity index (χ0) is 12.3. The zero-order valence-corrected chi connectivity index (χ0v) is 11.4. The molecule has 0 amide bonds. The van der Waals surface area contributed by atoms with E-state index in [1.54, 1.807) is 6.20 Å². The number of hydrogen-bond donors (Lipinski definition) is 2. The van der Waals surface area contributed by atoms with E-state index in [0.717, 1.165) is 21.5 Å². The third-order valence-electron chi connectivity index (χ3n) is 2.49. The molecule has 1 aromatic heterocycles. The fraction of sp³-hybridized carbons (Fsp3) is 0.154. The van der Waals surface area contributed by atoms with Gasteiger partial charge in [0.1, 0.15) is 0 Å². The molecule has 0 aliphatic rings. The summed E-state index contributed by atoms with van der Waals surface area (Å²) in [5.41, 5.74) is 4.24. The Morgan fingerprint density at radius 2 is 1.88 bits per heavy atom. The number of anilines is 3. The summed E-state index contributed by atoms with van der Waals surface area (Å²) in [5, 5.41) is 6.42. The van der Waals surface area contributed by atoms with Gasteiger partial charge in [0.15, 0.2) is 0 Å². The summed E-state index contributed by atoms with van der Waals surface area (Å²) in [6, 6.07) is 8.17. The number of benzene rings is 1. The van der Waals surface area contributed by atoms with Crippen LogP contribution in [0.3, 0.4) is 0 Å². The van der Waals surface area contributed by atoms with Crippen LogP contribution >= 0.6 is 15.9 Å². The van der Waals surface area contributed by atoms with Gasteiger partial charge in [0.2, 0.25) is 0 Å². The minimum atomic E-state index is 0.974. The second kappa shape index (κ2) is 5.19. The predicted molar refractivity (Wildman–Crippen MR) is 75.9 cm³/mol.